The molecule has 1 heterocycles. The van der Waals surface area contributed by atoms with E-state index in [0.717, 1.165) is 11.3 Å². The summed E-state index contributed by atoms with van der Waals surface area (Å²) in [6.07, 6.45) is 0. The molecule has 1 aliphatic heterocycles. The molecule has 21 heavy (non-hydrogen) atoms. The van der Waals surface area contributed by atoms with Crippen molar-refractivity contribution in [2.75, 3.05) is 19.7 Å². The predicted octanol–water partition coefficient (Wildman–Crippen LogP) is 1.12. The molecule has 0 fully saturated rings. The van der Waals surface area contributed by atoms with Crippen molar-refractivity contribution in [1.82, 2.24) is 15.5 Å². The number of carbonyl (C=O) groups excluding carboxylic acids is 2. The summed E-state index contributed by atoms with van der Waals surface area (Å²) in [5.41, 5.74) is 0.981. The van der Waals surface area contributed by atoms with E-state index in [0.29, 0.717) is 19.6 Å². The summed E-state index contributed by atoms with van der Waals surface area (Å²) < 4.78 is 5.48. The van der Waals surface area contributed by atoms with E-state index in [1.165, 1.54) is 0 Å². The fourth-order valence-corrected chi connectivity index (χ4v) is 2.12. The molecular formula is C15H21N3O3. The van der Waals surface area contributed by atoms with Gasteiger partial charge in [0.1, 0.15) is 5.75 Å². The van der Waals surface area contributed by atoms with E-state index >= 15 is 0 Å². The summed E-state index contributed by atoms with van der Waals surface area (Å²) in [5, 5.41) is 5.48. The van der Waals surface area contributed by atoms with Crippen molar-refractivity contribution in [3.63, 3.8) is 0 Å². The molecule has 0 unspecified atom stereocenters. The molecule has 0 atom stereocenters. The number of carbonyl (C=O) groups is 2. The number of hydrogen-bond acceptors (Lipinski definition) is 3. The van der Waals surface area contributed by atoms with Crippen LogP contribution < -0.4 is 15.4 Å². The van der Waals surface area contributed by atoms with Gasteiger partial charge in [-0.25, -0.2) is 4.79 Å². The lowest BCUT2D eigenvalue weighted by molar-refractivity contribution is -0.133. The highest BCUT2D eigenvalue weighted by Gasteiger charge is 2.20. The van der Waals surface area contributed by atoms with E-state index in [4.69, 9.17) is 4.74 Å². The van der Waals surface area contributed by atoms with Gasteiger partial charge in [-0.1, -0.05) is 18.2 Å². The van der Waals surface area contributed by atoms with Gasteiger partial charge in [0.25, 0.3) is 5.91 Å². The number of nitrogens with one attached hydrogen (secondary N) is 2. The second-order valence-electron chi connectivity index (χ2n) is 5.27. The van der Waals surface area contributed by atoms with Crippen LogP contribution in [0.4, 0.5) is 4.79 Å². The van der Waals surface area contributed by atoms with Crippen LogP contribution in [0.25, 0.3) is 0 Å². The van der Waals surface area contributed by atoms with Gasteiger partial charge in [-0.3, -0.25) is 4.79 Å². The number of rotatable bonds is 4. The quantitative estimate of drug-likeness (QED) is 0.873. The van der Waals surface area contributed by atoms with Gasteiger partial charge < -0.3 is 20.3 Å². The number of fused-ring (bicyclic) bond motifs is 1. The third kappa shape index (κ3) is 4.37. The minimum absolute atomic E-state index is 0.0369. The second kappa shape index (κ2) is 6.97. The van der Waals surface area contributed by atoms with Gasteiger partial charge in [-0.15, -0.1) is 0 Å². The van der Waals surface area contributed by atoms with Crippen LogP contribution in [0.2, 0.25) is 0 Å². The molecule has 0 bridgehead atoms. The molecule has 2 rings (SSSR count). The zero-order chi connectivity index (χ0) is 15.2. The zero-order valence-corrected chi connectivity index (χ0v) is 12.4. The van der Waals surface area contributed by atoms with Gasteiger partial charge in [0, 0.05) is 31.2 Å². The van der Waals surface area contributed by atoms with Gasteiger partial charge in [0.05, 0.1) is 0 Å². The summed E-state index contributed by atoms with van der Waals surface area (Å²) in [6.45, 7) is 5.20. The van der Waals surface area contributed by atoms with Crippen LogP contribution in [0.1, 0.15) is 19.4 Å². The molecule has 0 aromatic heterocycles. The summed E-state index contributed by atoms with van der Waals surface area (Å²) in [7, 11) is 0. The van der Waals surface area contributed by atoms with Crippen LogP contribution in [0.3, 0.4) is 0 Å². The summed E-state index contributed by atoms with van der Waals surface area (Å²) >= 11 is 0. The fraction of sp³-hybridized carbons (Fsp3) is 0.467. The molecule has 0 radical (unpaired) electrons. The van der Waals surface area contributed by atoms with Crippen LogP contribution in [0.15, 0.2) is 24.3 Å². The van der Waals surface area contributed by atoms with E-state index in [-0.39, 0.29) is 24.6 Å². The molecule has 0 saturated heterocycles. The number of benzene rings is 1. The van der Waals surface area contributed by atoms with Crippen LogP contribution in [0.5, 0.6) is 5.75 Å². The first-order valence-electron chi connectivity index (χ1n) is 7.09. The molecule has 0 aliphatic carbocycles. The number of nitrogens with zero attached hydrogens (tertiary/aromatic N) is 1. The summed E-state index contributed by atoms with van der Waals surface area (Å²) in [5.74, 6) is 0.677. The van der Waals surface area contributed by atoms with Crippen LogP contribution in [-0.4, -0.2) is 42.6 Å². The molecule has 3 amide bonds. The van der Waals surface area contributed by atoms with Gasteiger partial charge in [0.2, 0.25) is 0 Å². The maximum Gasteiger partial charge on any atom is 0.315 e. The Labute approximate surface area is 124 Å². The van der Waals surface area contributed by atoms with E-state index < -0.39 is 0 Å². The third-order valence-electron chi connectivity index (χ3n) is 3.12. The van der Waals surface area contributed by atoms with Crippen LogP contribution in [0, 0.1) is 0 Å². The van der Waals surface area contributed by atoms with Crippen molar-refractivity contribution >= 4 is 11.9 Å². The van der Waals surface area contributed by atoms with E-state index in [9.17, 15) is 9.59 Å². The first-order chi connectivity index (χ1) is 10.1. The molecule has 0 spiro atoms. The molecule has 1 aromatic rings. The predicted molar refractivity (Wildman–Crippen MR) is 79.0 cm³/mol. The number of urea groups is 1. The van der Waals surface area contributed by atoms with Crippen molar-refractivity contribution < 1.29 is 14.3 Å². The Morgan fingerprint density at radius 2 is 2.14 bits per heavy atom. The summed E-state index contributed by atoms with van der Waals surface area (Å²) in [6, 6.07) is 7.48. The number of para-hydroxylation sites is 1. The maximum absolute atomic E-state index is 12.0. The van der Waals surface area contributed by atoms with Gasteiger partial charge in [-0.2, -0.15) is 0 Å². The monoisotopic (exact) mass is 291 g/mol. The Hall–Kier alpha value is -2.24. The molecule has 6 heteroatoms. The normalized spacial score (nSPS) is 14.2. The van der Waals surface area contributed by atoms with E-state index in [1.54, 1.807) is 4.90 Å². The molecule has 2 N–H and O–H groups in total. The van der Waals surface area contributed by atoms with Crippen molar-refractivity contribution in [3.8, 4) is 5.75 Å². The second-order valence-corrected chi connectivity index (χ2v) is 5.27. The Morgan fingerprint density at radius 3 is 2.90 bits per heavy atom. The minimum Gasteiger partial charge on any atom is -0.483 e. The standard InChI is InChI=1S/C15H21N3O3/c1-11(2)17-15(20)16-7-8-18-9-12-5-3-4-6-13(12)21-10-14(18)19/h3-6,11H,7-10H2,1-2H3,(H2,16,17,20). The lowest BCUT2D eigenvalue weighted by Crippen LogP contribution is -2.44. The molecular weight excluding hydrogens is 270 g/mol. The average Bonchev–Trinajstić information content (AvgIpc) is 2.58. The highest BCUT2D eigenvalue weighted by molar-refractivity contribution is 5.78. The molecule has 1 aliphatic rings. The van der Waals surface area contributed by atoms with Crippen molar-refractivity contribution in [1.29, 1.82) is 0 Å². The van der Waals surface area contributed by atoms with Crippen molar-refractivity contribution in [2.45, 2.75) is 26.4 Å². The first kappa shape index (κ1) is 15.2. The van der Waals surface area contributed by atoms with Crippen LogP contribution >= 0.6 is 0 Å². The highest BCUT2D eigenvalue weighted by Crippen LogP contribution is 2.22. The lowest BCUT2D eigenvalue weighted by Gasteiger charge is -2.20. The fourth-order valence-electron chi connectivity index (χ4n) is 2.12. The Kier molecular flexibility index (Phi) is 5.03. The molecule has 6 nitrogen and oxygen atoms in total. The Bertz CT molecular complexity index is 517. The minimum atomic E-state index is -0.219. The van der Waals surface area contributed by atoms with Gasteiger partial charge in [-0.05, 0) is 19.9 Å². The molecule has 1 aromatic carbocycles. The van der Waals surface area contributed by atoms with Crippen molar-refractivity contribution in [2.24, 2.45) is 0 Å². The average molecular weight is 291 g/mol. The largest absolute Gasteiger partial charge is 0.483 e. The smallest absolute Gasteiger partial charge is 0.315 e. The molecule has 114 valence electrons. The number of ether oxygens (including phenoxy) is 1. The SMILES string of the molecule is CC(C)NC(=O)NCCN1Cc2ccccc2OCC1=O. The maximum atomic E-state index is 12.0. The number of hydrogen-bond donors (Lipinski definition) is 2. The lowest BCUT2D eigenvalue weighted by atomic mass is 10.2. The molecule has 0 saturated carbocycles. The Balaban J connectivity index is 1.88. The van der Waals surface area contributed by atoms with Gasteiger partial charge >= 0.3 is 6.03 Å². The topological polar surface area (TPSA) is 70.7 Å². The van der Waals surface area contributed by atoms with E-state index in [1.807, 2.05) is 38.1 Å². The first-order valence-corrected chi connectivity index (χ1v) is 7.09. The van der Waals surface area contributed by atoms with Crippen molar-refractivity contribution in [3.05, 3.63) is 29.8 Å². The van der Waals surface area contributed by atoms with Gasteiger partial charge in [0.15, 0.2) is 6.61 Å². The highest BCUT2D eigenvalue weighted by atomic mass is 16.5. The summed E-state index contributed by atoms with van der Waals surface area (Å²) in [4.78, 5) is 25.2. The van der Waals surface area contributed by atoms with Crippen LogP contribution in [-0.2, 0) is 11.3 Å². The third-order valence-corrected chi connectivity index (χ3v) is 3.12. The Morgan fingerprint density at radius 1 is 1.38 bits per heavy atom. The number of amides is 3. The van der Waals surface area contributed by atoms with E-state index in [2.05, 4.69) is 10.6 Å². The zero-order valence-electron chi connectivity index (χ0n) is 12.4.